The first-order valence-corrected chi connectivity index (χ1v) is 6.41. The van der Waals surface area contributed by atoms with E-state index < -0.39 is 4.92 Å². The number of anilines is 1. The number of benzene rings is 1. The van der Waals surface area contributed by atoms with Gasteiger partial charge in [-0.1, -0.05) is 32.0 Å². The summed E-state index contributed by atoms with van der Waals surface area (Å²) in [6, 6.07) is 9.99. The van der Waals surface area contributed by atoms with Crippen molar-refractivity contribution in [2.45, 2.75) is 19.8 Å². The molecule has 2 aromatic rings. The quantitative estimate of drug-likeness (QED) is 0.497. The molecule has 0 spiro atoms. The van der Waals surface area contributed by atoms with Crippen molar-refractivity contribution in [2.24, 2.45) is 5.84 Å². The summed E-state index contributed by atoms with van der Waals surface area (Å²) in [7, 11) is 0. The molecule has 0 radical (unpaired) electrons. The average molecular weight is 288 g/mol. The lowest BCUT2D eigenvalue weighted by molar-refractivity contribution is -0.384. The molecule has 1 aromatic heterocycles. The zero-order valence-corrected chi connectivity index (χ0v) is 11.7. The highest BCUT2D eigenvalue weighted by Crippen LogP contribution is 2.31. The zero-order valence-electron chi connectivity index (χ0n) is 11.7. The first kappa shape index (κ1) is 14.7. The van der Waals surface area contributed by atoms with E-state index in [2.05, 4.69) is 10.4 Å². The van der Waals surface area contributed by atoms with Crippen LogP contribution in [0.5, 0.6) is 11.6 Å². The molecule has 2 rings (SSSR count). The Hall–Kier alpha value is -2.67. The number of nitrogens with zero attached hydrogens (tertiary/aromatic N) is 2. The van der Waals surface area contributed by atoms with Crippen LogP contribution in [0.3, 0.4) is 0 Å². The van der Waals surface area contributed by atoms with E-state index in [0.29, 0.717) is 5.75 Å². The number of aromatic nitrogens is 1. The van der Waals surface area contributed by atoms with Crippen LogP contribution in [0.4, 0.5) is 11.5 Å². The summed E-state index contributed by atoms with van der Waals surface area (Å²) in [5.74, 6) is 6.42. The minimum Gasteiger partial charge on any atom is -0.438 e. The smallest absolute Gasteiger partial charge is 0.278 e. The summed E-state index contributed by atoms with van der Waals surface area (Å²) in [6.45, 7) is 4.08. The van der Waals surface area contributed by atoms with Crippen molar-refractivity contribution in [3.8, 4) is 11.6 Å². The molecule has 0 aliphatic rings. The van der Waals surface area contributed by atoms with E-state index in [1.54, 1.807) is 6.07 Å². The van der Waals surface area contributed by atoms with Crippen LogP contribution in [0.25, 0.3) is 0 Å². The molecule has 110 valence electrons. The van der Waals surface area contributed by atoms with Gasteiger partial charge in [0.1, 0.15) is 5.75 Å². The molecule has 0 bridgehead atoms. The Morgan fingerprint density at radius 1 is 1.33 bits per heavy atom. The molecule has 0 saturated carbocycles. The molecule has 7 nitrogen and oxygen atoms in total. The van der Waals surface area contributed by atoms with E-state index in [-0.39, 0.29) is 23.3 Å². The van der Waals surface area contributed by atoms with Crippen molar-refractivity contribution in [1.82, 2.24) is 4.98 Å². The van der Waals surface area contributed by atoms with Crippen molar-refractivity contribution in [3.05, 3.63) is 52.1 Å². The van der Waals surface area contributed by atoms with Gasteiger partial charge < -0.3 is 10.2 Å². The van der Waals surface area contributed by atoms with E-state index in [1.165, 1.54) is 12.1 Å². The van der Waals surface area contributed by atoms with Crippen molar-refractivity contribution in [3.63, 3.8) is 0 Å². The molecule has 0 fully saturated rings. The SMILES string of the molecule is CC(C)c1ccccc1Oc1cc([N+](=O)[O-])cc(NN)n1. The largest absolute Gasteiger partial charge is 0.438 e. The van der Waals surface area contributed by atoms with E-state index in [0.717, 1.165) is 5.56 Å². The van der Waals surface area contributed by atoms with Crippen LogP contribution in [0, 0.1) is 10.1 Å². The number of para-hydroxylation sites is 1. The summed E-state index contributed by atoms with van der Waals surface area (Å²) in [5, 5.41) is 10.9. The van der Waals surface area contributed by atoms with Crippen LogP contribution in [0.15, 0.2) is 36.4 Å². The summed E-state index contributed by atoms with van der Waals surface area (Å²) in [5.41, 5.74) is 3.14. The normalized spacial score (nSPS) is 10.5. The lowest BCUT2D eigenvalue weighted by atomic mass is 10.0. The summed E-state index contributed by atoms with van der Waals surface area (Å²) in [4.78, 5) is 14.4. The second kappa shape index (κ2) is 6.19. The summed E-state index contributed by atoms with van der Waals surface area (Å²) in [6.07, 6.45) is 0. The second-order valence-corrected chi connectivity index (χ2v) is 4.74. The monoisotopic (exact) mass is 288 g/mol. The Labute approximate surface area is 121 Å². The van der Waals surface area contributed by atoms with Crippen molar-refractivity contribution in [2.75, 3.05) is 5.43 Å². The molecule has 0 atom stereocenters. The Kier molecular flexibility index (Phi) is 4.34. The van der Waals surface area contributed by atoms with Crippen molar-refractivity contribution < 1.29 is 9.66 Å². The van der Waals surface area contributed by atoms with E-state index in [4.69, 9.17) is 10.6 Å². The number of rotatable bonds is 5. The van der Waals surface area contributed by atoms with E-state index >= 15 is 0 Å². The number of hydrazine groups is 1. The van der Waals surface area contributed by atoms with Crippen LogP contribution in [-0.2, 0) is 0 Å². The fourth-order valence-corrected chi connectivity index (χ4v) is 1.89. The number of pyridine rings is 1. The summed E-state index contributed by atoms with van der Waals surface area (Å²) >= 11 is 0. The van der Waals surface area contributed by atoms with Gasteiger partial charge in [-0.05, 0) is 17.5 Å². The number of ether oxygens (including phenoxy) is 1. The van der Waals surface area contributed by atoms with E-state index in [1.807, 2.05) is 32.0 Å². The van der Waals surface area contributed by atoms with Crippen LogP contribution in [0.1, 0.15) is 25.3 Å². The first-order valence-electron chi connectivity index (χ1n) is 6.41. The fraction of sp³-hybridized carbons (Fsp3) is 0.214. The highest BCUT2D eigenvalue weighted by atomic mass is 16.6. The van der Waals surface area contributed by atoms with Crippen LogP contribution >= 0.6 is 0 Å². The van der Waals surface area contributed by atoms with Gasteiger partial charge in [-0.3, -0.25) is 10.1 Å². The molecule has 7 heteroatoms. The molecular formula is C14H16N4O3. The van der Waals surface area contributed by atoms with Gasteiger partial charge in [0, 0.05) is 0 Å². The van der Waals surface area contributed by atoms with E-state index in [9.17, 15) is 10.1 Å². The molecule has 0 saturated heterocycles. The van der Waals surface area contributed by atoms with Gasteiger partial charge in [0.25, 0.3) is 5.69 Å². The third-order valence-corrected chi connectivity index (χ3v) is 2.90. The molecule has 3 N–H and O–H groups in total. The van der Waals surface area contributed by atoms with Gasteiger partial charge in [-0.15, -0.1) is 0 Å². The van der Waals surface area contributed by atoms with Crippen LogP contribution < -0.4 is 16.0 Å². The maximum absolute atomic E-state index is 10.9. The van der Waals surface area contributed by atoms with Gasteiger partial charge in [0.15, 0.2) is 5.82 Å². The van der Waals surface area contributed by atoms with Crippen molar-refractivity contribution >= 4 is 11.5 Å². The number of nitrogens with two attached hydrogens (primary N) is 1. The number of nitrogen functional groups attached to an aromatic ring is 1. The molecular weight excluding hydrogens is 272 g/mol. The standard InChI is InChI=1S/C14H16N4O3/c1-9(2)11-5-3-4-6-12(11)21-14-8-10(18(19)20)7-13(16-14)17-15/h3-9H,15H2,1-2H3,(H,16,17). The van der Waals surface area contributed by atoms with Gasteiger partial charge in [-0.2, -0.15) is 4.98 Å². The molecule has 1 aromatic carbocycles. The second-order valence-electron chi connectivity index (χ2n) is 4.74. The van der Waals surface area contributed by atoms with Crippen LogP contribution in [-0.4, -0.2) is 9.91 Å². The molecule has 0 aliphatic carbocycles. The average Bonchev–Trinajstić information content (AvgIpc) is 2.47. The Bertz CT molecular complexity index is 658. The molecule has 0 amide bonds. The van der Waals surface area contributed by atoms with Gasteiger partial charge in [0.2, 0.25) is 5.88 Å². The Balaban J connectivity index is 2.40. The predicted molar refractivity (Wildman–Crippen MR) is 79.3 cm³/mol. The van der Waals surface area contributed by atoms with Crippen molar-refractivity contribution in [1.29, 1.82) is 0 Å². The first-order chi connectivity index (χ1) is 10.0. The molecule has 21 heavy (non-hydrogen) atoms. The lowest BCUT2D eigenvalue weighted by Gasteiger charge is -2.13. The predicted octanol–water partition coefficient (Wildman–Crippen LogP) is 3.19. The molecule has 1 heterocycles. The third-order valence-electron chi connectivity index (χ3n) is 2.90. The third kappa shape index (κ3) is 3.46. The maximum Gasteiger partial charge on any atom is 0.278 e. The van der Waals surface area contributed by atoms with Gasteiger partial charge in [-0.25, -0.2) is 5.84 Å². The number of nitro groups is 1. The fourth-order valence-electron chi connectivity index (χ4n) is 1.89. The Morgan fingerprint density at radius 2 is 2.05 bits per heavy atom. The zero-order chi connectivity index (χ0) is 15.4. The minimum absolute atomic E-state index is 0.116. The summed E-state index contributed by atoms with van der Waals surface area (Å²) < 4.78 is 5.69. The van der Waals surface area contributed by atoms with Crippen LogP contribution in [0.2, 0.25) is 0 Å². The van der Waals surface area contributed by atoms with Gasteiger partial charge >= 0.3 is 0 Å². The minimum atomic E-state index is -0.524. The number of hydrogen-bond donors (Lipinski definition) is 2. The highest BCUT2D eigenvalue weighted by molar-refractivity contribution is 5.49. The maximum atomic E-state index is 10.9. The Morgan fingerprint density at radius 3 is 2.67 bits per heavy atom. The number of nitrogens with one attached hydrogen (secondary N) is 1. The molecule has 0 unspecified atom stereocenters. The topological polar surface area (TPSA) is 103 Å². The highest BCUT2D eigenvalue weighted by Gasteiger charge is 2.14. The molecule has 0 aliphatic heterocycles. The van der Waals surface area contributed by atoms with Gasteiger partial charge in [0.05, 0.1) is 17.1 Å². The lowest BCUT2D eigenvalue weighted by Crippen LogP contribution is -2.09. The number of hydrogen-bond acceptors (Lipinski definition) is 6.